The topological polar surface area (TPSA) is 41.1 Å². The lowest BCUT2D eigenvalue weighted by atomic mass is 9.91. The van der Waals surface area contributed by atoms with Crippen LogP contribution in [0.15, 0.2) is 0 Å². The monoisotopic (exact) mass is 184 g/mol. The van der Waals surface area contributed by atoms with Gasteiger partial charge >= 0.3 is 0 Å². The molecule has 1 amide bonds. The third kappa shape index (κ3) is 2.99. The fraction of sp³-hybridized carbons (Fsp3) is 0.900. The van der Waals surface area contributed by atoms with Gasteiger partial charge in [-0.3, -0.25) is 4.79 Å². The highest BCUT2D eigenvalue weighted by molar-refractivity contribution is 5.79. The molecule has 2 atom stereocenters. The van der Waals surface area contributed by atoms with Crippen molar-refractivity contribution < 1.29 is 4.79 Å². The van der Waals surface area contributed by atoms with Crippen LogP contribution in [0.25, 0.3) is 0 Å². The Morgan fingerprint density at radius 1 is 1.54 bits per heavy atom. The van der Waals surface area contributed by atoms with Crippen molar-refractivity contribution in [3.8, 4) is 0 Å². The normalized spacial score (nSPS) is 28.9. The first-order valence-corrected chi connectivity index (χ1v) is 5.15. The number of nitrogens with one attached hydrogen (secondary N) is 2. The molecule has 0 aliphatic carbocycles. The Kier molecular flexibility index (Phi) is 3.72. The molecule has 2 N–H and O–H groups in total. The van der Waals surface area contributed by atoms with Crippen LogP contribution in [-0.2, 0) is 4.79 Å². The maximum atomic E-state index is 11.7. The van der Waals surface area contributed by atoms with Crippen molar-refractivity contribution in [2.24, 2.45) is 5.92 Å². The standard InChI is InChI=1S/C10H20N2O/c1-7(2)12-10(13)9-5-4-6-11-8(9)3/h7-9,11H,4-6H2,1-3H3,(H,12,13). The van der Waals surface area contributed by atoms with E-state index in [4.69, 9.17) is 0 Å². The van der Waals surface area contributed by atoms with E-state index in [1.165, 1.54) is 0 Å². The second-order valence-electron chi connectivity index (χ2n) is 4.15. The third-order valence-corrected chi connectivity index (χ3v) is 2.53. The molecule has 76 valence electrons. The molecule has 0 radical (unpaired) electrons. The minimum Gasteiger partial charge on any atom is -0.354 e. The van der Waals surface area contributed by atoms with Gasteiger partial charge in [0.1, 0.15) is 0 Å². The third-order valence-electron chi connectivity index (χ3n) is 2.53. The van der Waals surface area contributed by atoms with Gasteiger partial charge in [0.15, 0.2) is 0 Å². The van der Waals surface area contributed by atoms with Gasteiger partial charge in [-0.25, -0.2) is 0 Å². The van der Waals surface area contributed by atoms with E-state index < -0.39 is 0 Å². The summed E-state index contributed by atoms with van der Waals surface area (Å²) >= 11 is 0. The van der Waals surface area contributed by atoms with E-state index in [9.17, 15) is 4.79 Å². The summed E-state index contributed by atoms with van der Waals surface area (Å²) in [6, 6.07) is 0.578. The number of piperidine rings is 1. The van der Waals surface area contributed by atoms with Crippen molar-refractivity contribution >= 4 is 5.91 Å². The van der Waals surface area contributed by atoms with Gasteiger partial charge in [-0.2, -0.15) is 0 Å². The van der Waals surface area contributed by atoms with Gasteiger partial charge in [-0.1, -0.05) is 0 Å². The molecule has 3 heteroatoms. The van der Waals surface area contributed by atoms with Gasteiger partial charge in [0.25, 0.3) is 0 Å². The maximum Gasteiger partial charge on any atom is 0.224 e. The molecule has 13 heavy (non-hydrogen) atoms. The van der Waals surface area contributed by atoms with Crippen LogP contribution in [0, 0.1) is 5.92 Å². The van der Waals surface area contributed by atoms with Crippen molar-refractivity contribution in [1.82, 2.24) is 10.6 Å². The minimum absolute atomic E-state index is 0.163. The van der Waals surface area contributed by atoms with Crippen molar-refractivity contribution in [2.75, 3.05) is 6.54 Å². The number of amides is 1. The van der Waals surface area contributed by atoms with E-state index in [1.807, 2.05) is 13.8 Å². The van der Waals surface area contributed by atoms with Crippen LogP contribution in [0.4, 0.5) is 0 Å². The van der Waals surface area contributed by atoms with Gasteiger partial charge in [-0.05, 0) is 40.2 Å². The molecule has 1 saturated heterocycles. The molecule has 3 nitrogen and oxygen atoms in total. The van der Waals surface area contributed by atoms with Crippen molar-refractivity contribution in [1.29, 1.82) is 0 Å². The SMILES string of the molecule is CC(C)NC(=O)C1CCCNC1C. The predicted molar refractivity (Wildman–Crippen MR) is 53.5 cm³/mol. The fourth-order valence-corrected chi connectivity index (χ4v) is 1.79. The zero-order valence-electron chi connectivity index (χ0n) is 8.76. The summed E-state index contributed by atoms with van der Waals surface area (Å²) in [5, 5.41) is 6.29. The van der Waals surface area contributed by atoms with Crippen molar-refractivity contribution in [3.63, 3.8) is 0 Å². The van der Waals surface area contributed by atoms with Crippen LogP contribution in [-0.4, -0.2) is 24.5 Å². The molecule has 0 aromatic carbocycles. The Bertz CT molecular complexity index is 180. The molecule has 1 aliphatic heterocycles. The molecular formula is C10H20N2O. The highest BCUT2D eigenvalue weighted by Gasteiger charge is 2.27. The van der Waals surface area contributed by atoms with Crippen LogP contribution in [0.1, 0.15) is 33.6 Å². The van der Waals surface area contributed by atoms with Gasteiger partial charge in [-0.15, -0.1) is 0 Å². The van der Waals surface area contributed by atoms with Crippen LogP contribution in [0.5, 0.6) is 0 Å². The molecular weight excluding hydrogens is 164 g/mol. The van der Waals surface area contributed by atoms with Crippen LogP contribution < -0.4 is 10.6 Å². The average Bonchev–Trinajstić information content (AvgIpc) is 2.03. The lowest BCUT2D eigenvalue weighted by Gasteiger charge is -2.29. The molecule has 1 rings (SSSR count). The van der Waals surface area contributed by atoms with E-state index in [-0.39, 0.29) is 17.9 Å². The summed E-state index contributed by atoms with van der Waals surface area (Å²) in [5.74, 6) is 0.367. The lowest BCUT2D eigenvalue weighted by molar-refractivity contribution is -0.127. The van der Waals surface area contributed by atoms with Gasteiger partial charge in [0.2, 0.25) is 5.91 Å². The lowest BCUT2D eigenvalue weighted by Crippen LogP contribution is -2.48. The Morgan fingerprint density at radius 3 is 2.77 bits per heavy atom. The quantitative estimate of drug-likeness (QED) is 0.669. The average molecular weight is 184 g/mol. The van der Waals surface area contributed by atoms with Crippen LogP contribution in [0.2, 0.25) is 0 Å². The van der Waals surface area contributed by atoms with Crippen molar-refractivity contribution in [3.05, 3.63) is 0 Å². The number of carbonyl (C=O) groups excluding carboxylic acids is 1. The smallest absolute Gasteiger partial charge is 0.224 e. The van der Waals surface area contributed by atoms with Gasteiger partial charge in [0.05, 0.1) is 5.92 Å². The van der Waals surface area contributed by atoms with Crippen LogP contribution >= 0.6 is 0 Å². The maximum absolute atomic E-state index is 11.7. The number of hydrogen-bond acceptors (Lipinski definition) is 2. The first kappa shape index (κ1) is 10.5. The van der Waals surface area contributed by atoms with E-state index in [0.29, 0.717) is 6.04 Å². The molecule has 0 spiro atoms. The van der Waals surface area contributed by atoms with E-state index in [0.717, 1.165) is 19.4 Å². The summed E-state index contributed by atoms with van der Waals surface area (Å²) in [7, 11) is 0. The van der Waals surface area contributed by atoms with E-state index >= 15 is 0 Å². The van der Waals surface area contributed by atoms with Gasteiger partial charge in [0, 0.05) is 12.1 Å². The summed E-state index contributed by atoms with van der Waals surface area (Å²) in [6.07, 6.45) is 2.13. The fourth-order valence-electron chi connectivity index (χ4n) is 1.79. The molecule has 0 aromatic heterocycles. The second kappa shape index (κ2) is 4.61. The zero-order chi connectivity index (χ0) is 9.84. The molecule has 0 aromatic rings. The Labute approximate surface area is 80.3 Å². The molecule has 1 fully saturated rings. The van der Waals surface area contributed by atoms with E-state index in [2.05, 4.69) is 17.6 Å². The number of rotatable bonds is 2. The first-order valence-electron chi connectivity index (χ1n) is 5.15. The summed E-state index contributed by atoms with van der Waals surface area (Å²) in [6.45, 7) is 7.13. The largest absolute Gasteiger partial charge is 0.354 e. The van der Waals surface area contributed by atoms with Gasteiger partial charge < -0.3 is 10.6 Å². The molecule has 1 aliphatic rings. The second-order valence-corrected chi connectivity index (χ2v) is 4.15. The number of hydrogen-bond donors (Lipinski definition) is 2. The Balaban J connectivity index is 2.44. The highest BCUT2D eigenvalue weighted by Crippen LogP contribution is 2.16. The molecule has 1 heterocycles. The minimum atomic E-state index is 0.163. The summed E-state index contributed by atoms with van der Waals surface area (Å²) < 4.78 is 0. The molecule has 0 saturated carbocycles. The highest BCUT2D eigenvalue weighted by atomic mass is 16.2. The Hall–Kier alpha value is -0.570. The zero-order valence-corrected chi connectivity index (χ0v) is 8.76. The molecule has 0 bridgehead atoms. The molecule has 2 unspecified atom stereocenters. The summed E-state index contributed by atoms with van der Waals surface area (Å²) in [4.78, 5) is 11.7. The van der Waals surface area contributed by atoms with E-state index in [1.54, 1.807) is 0 Å². The predicted octanol–water partition coefficient (Wildman–Crippen LogP) is 0.899. The summed E-state index contributed by atoms with van der Waals surface area (Å²) in [5.41, 5.74) is 0. The van der Waals surface area contributed by atoms with Crippen molar-refractivity contribution in [2.45, 2.75) is 45.7 Å². The van der Waals surface area contributed by atoms with Crippen LogP contribution in [0.3, 0.4) is 0 Å². The Morgan fingerprint density at radius 2 is 2.23 bits per heavy atom. The first-order chi connectivity index (χ1) is 6.11. The number of carbonyl (C=O) groups is 1.